The maximum atomic E-state index is 12.5. The third-order valence-electron chi connectivity index (χ3n) is 4.68. The molecule has 0 aliphatic heterocycles. The summed E-state index contributed by atoms with van der Waals surface area (Å²) < 4.78 is 7.62. The molecule has 0 bridgehead atoms. The molecule has 0 fully saturated rings. The topological polar surface area (TPSA) is 93.5 Å². The van der Waals surface area contributed by atoms with Gasteiger partial charge in [0.25, 0.3) is 0 Å². The van der Waals surface area contributed by atoms with Crippen molar-refractivity contribution in [1.29, 1.82) is 0 Å². The molecule has 2 aromatic carbocycles. The highest BCUT2D eigenvalue weighted by atomic mass is 16.5. The lowest BCUT2D eigenvalue weighted by atomic mass is 10.0. The van der Waals surface area contributed by atoms with E-state index in [2.05, 4.69) is 10.3 Å². The van der Waals surface area contributed by atoms with Crippen molar-refractivity contribution in [2.75, 3.05) is 6.54 Å². The first-order valence-electron chi connectivity index (χ1n) is 9.70. The number of nitrogens with one attached hydrogen (secondary N) is 1. The lowest BCUT2D eigenvalue weighted by Gasteiger charge is -2.14. The van der Waals surface area contributed by atoms with Crippen LogP contribution in [-0.2, 0) is 22.7 Å². The molecule has 2 N–H and O–H groups in total. The van der Waals surface area contributed by atoms with Crippen molar-refractivity contribution in [3.8, 4) is 5.75 Å². The molecule has 0 aliphatic carbocycles. The minimum Gasteiger partial charge on any atom is -0.486 e. The van der Waals surface area contributed by atoms with Crippen LogP contribution in [-0.4, -0.2) is 33.1 Å². The Morgan fingerprint density at radius 1 is 1.14 bits per heavy atom. The van der Waals surface area contributed by atoms with Crippen molar-refractivity contribution >= 4 is 22.9 Å². The van der Waals surface area contributed by atoms with Crippen LogP contribution in [0, 0.1) is 5.92 Å². The number of ether oxygens (including phenoxy) is 1. The van der Waals surface area contributed by atoms with Gasteiger partial charge >= 0.3 is 5.97 Å². The fourth-order valence-corrected chi connectivity index (χ4v) is 3.17. The van der Waals surface area contributed by atoms with Crippen LogP contribution in [0.4, 0.5) is 0 Å². The van der Waals surface area contributed by atoms with Gasteiger partial charge in [0.05, 0.1) is 17.0 Å². The number of carboxylic acid groups (broad SMARTS) is 1. The normalized spacial score (nSPS) is 11.9. The van der Waals surface area contributed by atoms with Gasteiger partial charge < -0.3 is 19.7 Å². The molecule has 0 saturated heterocycles. The Kier molecular flexibility index (Phi) is 6.84. The molecular formula is C22H25N3O4. The lowest BCUT2D eigenvalue weighted by molar-refractivity contribution is -0.141. The van der Waals surface area contributed by atoms with Crippen LogP contribution in [0.15, 0.2) is 54.6 Å². The number of carboxylic acids is 1. The summed E-state index contributed by atoms with van der Waals surface area (Å²) in [6.07, 6.45) is 1.28. The molecule has 0 radical (unpaired) electrons. The SMILES string of the molecule is CCCC(CNC(=O)Cn1c(COc2ccccc2)nc2ccccc21)C(=O)O. The number of fused-ring (bicyclic) bond motifs is 1. The first-order chi connectivity index (χ1) is 14.1. The van der Waals surface area contributed by atoms with Crippen molar-refractivity contribution in [3.63, 3.8) is 0 Å². The Hall–Kier alpha value is -3.35. The molecule has 0 saturated carbocycles. The van der Waals surface area contributed by atoms with Crippen LogP contribution in [0.1, 0.15) is 25.6 Å². The molecule has 1 heterocycles. The molecule has 1 amide bonds. The van der Waals surface area contributed by atoms with E-state index in [1.165, 1.54) is 0 Å². The molecule has 3 aromatic rings. The number of amides is 1. The standard InChI is InChI=1S/C22H25N3O4/c1-2-8-16(22(27)28)13-23-21(26)14-25-19-12-7-6-11-18(19)24-20(25)15-29-17-9-4-3-5-10-17/h3-7,9-12,16H,2,8,13-15H2,1H3,(H,23,26)(H,27,28). The van der Waals surface area contributed by atoms with Gasteiger partial charge in [-0.05, 0) is 30.7 Å². The number of benzene rings is 2. The largest absolute Gasteiger partial charge is 0.486 e. The second-order valence-corrected chi connectivity index (χ2v) is 6.83. The van der Waals surface area contributed by atoms with Gasteiger partial charge in [-0.1, -0.05) is 43.7 Å². The second-order valence-electron chi connectivity index (χ2n) is 6.83. The predicted octanol–water partition coefficient (Wildman–Crippen LogP) is 3.23. The van der Waals surface area contributed by atoms with E-state index < -0.39 is 11.9 Å². The monoisotopic (exact) mass is 395 g/mol. The highest BCUT2D eigenvalue weighted by Crippen LogP contribution is 2.18. The Balaban J connectivity index is 1.73. The number of hydrogen-bond acceptors (Lipinski definition) is 4. The molecule has 1 unspecified atom stereocenters. The van der Waals surface area contributed by atoms with Gasteiger partial charge in [0, 0.05) is 6.54 Å². The van der Waals surface area contributed by atoms with Gasteiger partial charge in [-0.3, -0.25) is 9.59 Å². The fourth-order valence-electron chi connectivity index (χ4n) is 3.17. The van der Waals surface area contributed by atoms with Crippen molar-refractivity contribution in [3.05, 3.63) is 60.4 Å². The summed E-state index contributed by atoms with van der Waals surface area (Å²) in [6, 6.07) is 17.0. The van der Waals surface area contributed by atoms with E-state index in [9.17, 15) is 14.7 Å². The molecule has 152 valence electrons. The van der Waals surface area contributed by atoms with Crippen molar-refractivity contribution in [2.24, 2.45) is 5.92 Å². The molecule has 29 heavy (non-hydrogen) atoms. The zero-order valence-corrected chi connectivity index (χ0v) is 16.4. The predicted molar refractivity (Wildman–Crippen MR) is 110 cm³/mol. The Morgan fingerprint density at radius 3 is 2.59 bits per heavy atom. The smallest absolute Gasteiger partial charge is 0.308 e. The number of nitrogens with zero attached hydrogens (tertiary/aromatic N) is 2. The molecule has 7 heteroatoms. The second kappa shape index (κ2) is 9.73. The van der Waals surface area contributed by atoms with Crippen molar-refractivity contribution < 1.29 is 19.4 Å². The third-order valence-corrected chi connectivity index (χ3v) is 4.68. The summed E-state index contributed by atoms with van der Waals surface area (Å²) in [7, 11) is 0. The molecule has 1 aromatic heterocycles. The number of carbonyl (C=O) groups is 2. The van der Waals surface area contributed by atoms with E-state index in [1.807, 2.05) is 66.1 Å². The van der Waals surface area contributed by atoms with Gasteiger partial charge in [0.2, 0.25) is 5.91 Å². The molecule has 1 atom stereocenters. The third kappa shape index (κ3) is 5.34. The summed E-state index contributed by atoms with van der Waals surface area (Å²) >= 11 is 0. The van der Waals surface area contributed by atoms with Gasteiger partial charge in [-0.25, -0.2) is 4.98 Å². The average molecular weight is 395 g/mol. The van der Waals surface area contributed by atoms with Gasteiger partial charge in [0.1, 0.15) is 24.7 Å². The zero-order chi connectivity index (χ0) is 20.6. The van der Waals surface area contributed by atoms with E-state index in [4.69, 9.17) is 4.74 Å². The Bertz CT molecular complexity index is 969. The van der Waals surface area contributed by atoms with E-state index in [0.29, 0.717) is 12.2 Å². The van der Waals surface area contributed by atoms with Gasteiger partial charge in [-0.2, -0.15) is 0 Å². The molecule has 0 aliphatic rings. The number of aliphatic carboxylic acids is 1. The zero-order valence-electron chi connectivity index (χ0n) is 16.4. The minimum absolute atomic E-state index is 0.0481. The molecular weight excluding hydrogens is 370 g/mol. The Morgan fingerprint density at radius 2 is 1.86 bits per heavy atom. The van der Waals surface area contributed by atoms with Crippen molar-refractivity contribution in [1.82, 2.24) is 14.9 Å². The van der Waals surface area contributed by atoms with Crippen LogP contribution in [0.5, 0.6) is 5.75 Å². The van der Waals surface area contributed by atoms with Crippen LogP contribution in [0.25, 0.3) is 11.0 Å². The average Bonchev–Trinajstić information content (AvgIpc) is 3.07. The molecule has 3 rings (SSSR count). The summed E-state index contributed by atoms with van der Waals surface area (Å²) in [5, 5.41) is 12.0. The van der Waals surface area contributed by atoms with E-state index in [-0.39, 0.29) is 25.6 Å². The van der Waals surface area contributed by atoms with Gasteiger partial charge in [0.15, 0.2) is 0 Å². The summed E-state index contributed by atoms with van der Waals surface area (Å²) in [5.74, 6) is -0.369. The number of imidazole rings is 1. The van der Waals surface area contributed by atoms with E-state index in [0.717, 1.165) is 23.2 Å². The summed E-state index contributed by atoms with van der Waals surface area (Å²) in [4.78, 5) is 28.4. The number of carbonyl (C=O) groups excluding carboxylic acids is 1. The highest BCUT2D eigenvalue weighted by molar-refractivity contribution is 5.81. The minimum atomic E-state index is -0.891. The van der Waals surface area contributed by atoms with Crippen LogP contribution >= 0.6 is 0 Å². The Labute approximate surface area is 169 Å². The lowest BCUT2D eigenvalue weighted by Crippen LogP contribution is -2.35. The first-order valence-corrected chi connectivity index (χ1v) is 9.70. The maximum absolute atomic E-state index is 12.5. The maximum Gasteiger partial charge on any atom is 0.308 e. The summed E-state index contributed by atoms with van der Waals surface area (Å²) in [6.45, 7) is 2.31. The van der Waals surface area contributed by atoms with Crippen LogP contribution < -0.4 is 10.1 Å². The van der Waals surface area contributed by atoms with Crippen molar-refractivity contribution in [2.45, 2.75) is 32.9 Å². The van der Waals surface area contributed by atoms with Crippen LogP contribution in [0.3, 0.4) is 0 Å². The highest BCUT2D eigenvalue weighted by Gasteiger charge is 2.19. The number of hydrogen-bond donors (Lipinski definition) is 2. The number of para-hydroxylation sites is 3. The fraction of sp³-hybridized carbons (Fsp3) is 0.318. The van der Waals surface area contributed by atoms with E-state index in [1.54, 1.807) is 0 Å². The number of aromatic nitrogens is 2. The quantitative estimate of drug-likeness (QED) is 0.550. The molecule has 0 spiro atoms. The van der Waals surface area contributed by atoms with E-state index >= 15 is 0 Å². The molecule has 7 nitrogen and oxygen atoms in total. The number of rotatable bonds is 10. The summed E-state index contributed by atoms with van der Waals surface area (Å²) in [5.41, 5.74) is 1.61. The van der Waals surface area contributed by atoms with Gasteiger partial charge in [-0.15, -0.1) is 0 Å². The first kappa shape index (κ1) is 20.4. The van der Waals surface area contributed by atoms with Crippen LogP contribution in [0.2, 0.25) is 0 Å².